The van der Waals surface area contributed by atoms with Crippen molar-refractivity contribution in [3.05, 3.63) is 0 Å². The van der Waals surface area contributed by atoms with Gasteiger partial charge in [-0.05, 0) is 6.92 Å². The highest BCUT2D eigenvalue weighted by molar-refractivity contribution is 7.60. The first-order valence-electron chi connectivity index (χ1n) is 2.75. The lowest BCUT2D eigenvalue weighted by Crippen LogP contribution is -2.10. The van der Waals surface area contributed by atoms with Crippen molar-refractivity contribution in [3.63, 3.8) is 0 Å². The van der Waals surface area contributed by atoms with Crippen LogP contribution in [0.1, 0.15) is 13.8 Å². The molecule has 9 heavy (non-hydrogen) atoms. The van der Waals surface area contributed by atoms with Gasteiger partial charge in [-0.2, -0.15) is 0 Å². The number of nitrogens with zero attached hydrogens (tertiary/aromatic N) is 3. The molecule has 0 aromatic carbocycles. The first-order valence-corrected chi connectivity index (χ1v) is 3.15. The fourth-order valence-electron chi connectivity index (χ4n) is 0.746. The molecule has 0 N–H and O–H groups in total. The van der Waals surface area contributed by atoms with Crippen LogP contribution < -0.4 is 0 Å². The van der Waals surface area contributed by atoms with E-state index in [0.29, 0.717) is 0 Å². The highest BCUT2D eigenvalue weighted by Crippen LogP contribution is 2.15. The molecule has 0 spiro atoms. The van der Waals surface area contributed by atoms with E-state index in [1.807, 2.05) is 14.0 Å². The minimum absolute atomic E-state index is 0.640. The highest BCUT2D eigenvalue weighted by Gasteiger charge is 2.24. The summed E-state index contributed by atoms with van der Waals surface area (Å²) in [6.07, 6.45) is 0. The first kappa shape index (κ1) is 6.74. The second-order valence-electron chi connectivity index (χ2n) is 2.22. The van der Waals surface area contributed by atoms with E-state index in [1.54, 1.807) is 11.6 Å². The van der Waals surface area contributed by atoms with Crippen LogP contribution in [0.25, 0.3) is 0 Å². The second kappa shape index (κ2) is 1.80. The van der Waals surface area contributed by atoms with Gasteiger partial charge in [0.25, 0.3) is 0 Å². The molecule has 1 rings (SSSR count). The molecule has 0 fully saturated rings. The summed E-state index contributed by atoms with van der Waals surface area (Å²) < 4.78 is 1.70. The third-order valence-corrected chi connectivity index (χ3v) is 1.35. The Morgan fingerprint density at radius 3 is 2.33 bits per heavy atom. The molecule has 0 bridgehead atoms. The van der Waals surface area contributed by atoms with Crippen LogP contribution in [0.5, 0.6) is 0 Å². The number of azo groups is 2. The van der Waals surface area contributed by atoms with E-state index >= 15 is 0 Å². The van der Waals surface area contributed by atoms with Crippen molar-refractivity contribution in [2.75, 3.05) is 7.05 Å². The third kappa shape index (κ3) is 1.30. The van der Waals surface area contributed by atoms with E-state index in [0.717, 1.165) is 5.84 Å². The van der Waals surface area contributed by atoms with Crippen molar-refractivity contribution in [1.82, 2.24) is 0 Å². The van der Waals surface area contributed by atoms with Crippen LogP contribution in [-0.2, 0) is 12.6 Å². The summed E-state index contributed by atoms with van der Waals surface area (Å²) in [4.78, 5) is 3.45. The number of hydrogen-bond acceptors (Lipinski definition) is 3. The molecule has 1 unspecified atom stereocenters. The fraction of sp³-hybridized carbons (Fsp3) is 0.800. The molecule has 1 atom stereocenters. The van der Waals surface area contributed by atoms with Gasteiger partial charge in [-0.3, -0.25) is 0 Å². The minimum atomic E-state index is -0.640. The summed E-state index contributed by atoms with van der Waals surface area (Å²) >= 11 is 4.97. The highest BCUT2D eigenvalue weighted by atomic mass is 32.1. The molecule has 3 nitrogen and oxygen atoms in total. The molecular weight excluding hydrogens is 134 g/mol. The van der Waals surface area contributed by atoms with E-state index in [1.165, 1.54) is 0 Å². The maximum atomic E-state index is 4.97. The Bertz CT molecular complexity index is 172. The Labute approximate surface area is 59.9 Å². The van der Waals surface area contributed by atoms with Gasteiger partial charge in [-0.25, -0.2) is 0 Å². The third-order valence-electron chi connectivity index (χ3n) is 1.17. The lowest BCUT2D eigenvalue weighted by Gasteiger charge is -2.11. The SMILES string of the molecule is CC1=NC(C)([S-])N=[N+]1C. The van der Waals surface area contributed by atoms with Crippen molar-refractivity contribution in [1.29, 1.82) is 0 Å². The van der Waals surface area contributed by atoms with Crippen LogP contribution in [0.15, 0.2) is 10.1 Å². The normalized spacial score (nSPS) is 34.2. The Kier molecular flexibility index (Phi) is 1.35. The Morgan fingerprint density at radius 1 is 1.67 bits per heavy atom. The Hall–Kier alpha value is -0.380. The number of hydrogen-bond donors (Lipinski definition) is 0. The monoisotopic (exact) mass is 143 g/mol. The van der Waals surface area contributed by atoms with Gasteiger partial charge in [-0.1, -0.05) is 10.1 Å². The lowest BCUT2D eigenvalue weighted by atomic mass is 10.6. The van der Waals surface area contributed by atoms with Crippen LogP contribution in [0.2, 0.25) is 0 Å². The molecule has 0 saturated heterocycles. The molecule has 1 aliphatic rings. The Morgan fingerprint density at radius 2 is 2.22 bits per heavy atom. The van der Waals surface area contributed by atoms with Crippen molar-refractivity contribution in [2.45, 2.75) is 18.8 Å². The van der Waals surface area contributed by atoms with Crippen molar-refractivity contribution < 1.29 is 4.70 Å². The molecule has 0 radical (unpaired) electrons. The Balaban J connectivity index is 2.96. The van der Waals surface area contributed by atoms with Gasteiger partial charge in [0.15, 0.2) is 4.99 Å². The molecule has 0 amide bonds. The standard InChI is InChI=1S/C5H9N3S/c1-4-6-5(2,9)7-8(4)3/h1-3H3. The largest absolute Gasteiger partial charge is 0.707 e. The second-order valence-corrected chi connectivity index (χ2v) is 2.99. The number of rotatable bonds is 0. The summed E-state index contributed by atoms with van der Waals surface area (Å²) in [6, 6.07) is 0. The predicted molar refractivity (Wildman–Crippen MR) is 37.5 cm³/mol. The molecule has 1 heterocycles. The first-order chi connectivity index (χ1) is 4.01. The molecule has 0 aromatic heterocycles. The van der Waals surface area contributed by atoms with E-state index in [4.69, 9.17) is 12.6 Å². The zero-order chi connectivity index (χ0) is 7.07. The zero-order valence-corrected chi connectivity index (χ0v) is 6.57. The van der Waals surface area contributed by atoms with Gasteiger partial charge in [0.2, 0.25) is 0 Å². The van der Waals surface area contributed by atoms with Gasteiger partial charge < -0.3 is 12.6 Å². The summed E-state index contributed by atoms with van der Waals surface area (Å²) in [5.41, 5.74) is 0. The predicted octanol–water partition coefficient (Wildman–Crippen LogP) is 0.734. The molecular formula is C5H9N3S. The average Bonchev–Trinajstić information content (AvgIpc) is 1.79. The topological polar surface area (TPSA) is 27.7 Å². The maximum Gasteiger partial charge on any atom is 0.309 e. The number of amidine groups is 1. The maximum absolute atomic E-state index is 4.97. The van der Waals surface area contributed by atoms with Gasteiger partial charge in [0.05, 0.1) is 0 Å². The van der Waals surface area contributed by atoms with Crippen LogP contribution in [0.4, 0.5) is 0 Å². The average molecular weight is 143 g/mol. The van der Waals surface area contributed by atoms with E-state index in [-0.39, 0.29) is 0 Å². The van der Waals surface area contributed by atoms with Crippen LogP contribution in [-0.4, -0.2) is 22.6 Å². The van der Waals surface area contributed by atoms with E-state index in [9.17, 15) is 0 Å². The van der Waals surface area contributed by atoms with Crippen molar-refractivity contribution >= 4 is 18.5 Å². The molecule has 50 valence electrons. The summed E-state index contributed by atoms with van der Waals surface area (Å²) in [5.74, 6) is 0.882. The van der Waals surface area contributed by atoms with Crippen LogP contribution in [0, 0.1) is 0 Å². The zero-order valence-electron chi connectivity index (χ0n) is 5.75. The van der Waals surface area contributed by atoms with Crippen LogP contribution in [0.3, 0.4) is 0 Å². The van der Waals surface area contributed by atoms with Gasteiger partial charge >= 0.3 is 5.84 Å². The smallest absolute Gasteiger partial charge is 0.309 e. The minimum Gasteiger partial charge on any atom is -0.707 e. The molecule has 0 aliphatic carbocycles. The van der Waals surface area contributed by atoms with Crippen molar-refractivity contribution in [2.24, 2.45) is 10.1 Å². The van der Waals surface area contributed by atoms with Gasteiger partial charge in [-0.15, -0.1) is 4.70 Å². The van der Waals surface area contributed by atoms with Gasteiger partial charge in [0.1, 0.15) is 7.05 Å². The fourth-order valence-corrected chi connectivity index (χ4v) is 1.00. The summed E-state index contributed by atoms with van der Waals surface area (Å²) in [7, 11) is 1.84. The van der Waals surface area contributed by atoms with Gasteiger partial charge in [0, 0.05) is 6.92 Å². The van der Waals surface area contributed by atoms with Crippen molar-refractivity contribution in [3.8, 4) is 0 Å². The molecule has 1 aliphatic heterocycles. The summed E-state index contributed by atoms with van der Waals surface area (Å²) in [6.45, 7) is 3.69. The molecule has 0 aromatic rings. The number of aliphatic imine (C=N–C) groups is 1. The van der Waals surface area contributed by atoms with E-state index < -0.39 is 4.99 Å². The quantitative estimate of drug-likeness (QED) is 0.363. The van der Waals surface area contributed by atoms with Crippen LogP contribution >= 0.6 is 0 Å². The van der Waals surface area contributed by atoms with E-state index in [2.05, 4.69) is 10.1 Å². The molecule has 4 heteroatoms. The lowest BCUT2D eigenvalue weighted by molar-refractivity contribution is -0.447. The molecule has 0 saturated carbocycles. The summed E-state index contributed by atoms with van der Waals surface area (Å²) in [5, 5.41) is 4.05.